The van der Waals surface area contributed by atoms with Crippen molar-refractivity contribution in [2.45, 2.75) is 57.2 Å². The summed E-state index contributed by atoms with van der Waals surface area (Å²) in [7, 11) is 0. The zero-order valence-electron chi connectivity index (χ0n) is 16.9. The fourth-order valence-electron chi connectivity index (χ4n) is 4.43. The van der Waals surface area contributed by atoms with E-state index in [1.807, 2.05) is 6.07 Å². The predicted octanol–water partition coefficient (Wildman–Crippen LogP) is 3.89. The largest absolute Gasteiger partial charge is 0.508 e. The van der Waals surface area contributed by atoms with Crippen LogP contribution in [0.5, 0.6) is 11.5 Å². The number of ether oxygens (including phenoxy) is 1. The Bertz CT molecular complexity index is 807. The van der Waals surface area contributed by atoms with Gasteiger partial charge >= 0.3 is 0 Å². The lowest BCUT2D eigenvalue weighted by molar-refractivity contribution is -0.0265. The van der Waals surface area contributed by atoms with Crippen LogP contribution in [0.4, 0.5) is 0 Å². The first kappa shape index (κ1) is 19.3. The van der Waals surface area contributed by atoms with Crippen LogP contribution in [0.1, 0.15) is 49.3 Å². The van der Waals surface area contributed by atoms with Gasteiger partial charge in [-0.3, -0.25) is 4.90 Å². The Balaban J connectivity index is 1.28. The van der Waals surface area contributed by atoms with Crippen LogP contribution in [0, 0.1) is 0 Å². The van der Waals surface area contributed by atoms with Gasteiger partial charge in [0.1, 0.15) is 17.6 Å². The molecule has 0 spiro atoms. The number of piperidine rings is 1. The van der Waals surface area contributed by atoms with E-state index in [0.717, 1.165) is 56.6 Å². The molecule has 1 atom stereocenters. The molecule has 0 aromatic heterocycles. The average molecular weight is 382 g/mol. The van der Waals surface area contributed by atoms with Crippen molar-refractivity contribution in [3.63, 3.8) is 0 Å². The zero-order chi connectivity index (χ0) is 19.7. The molecule has 2 aliphatic rings. The number of likely N-dealkylation sites (tertiary alicyclic amines) is 1. The summed E-state index contributed by atoms with van der Waals surface area (Å²) in [6.45, 7) is 7.06. The maximum Gasteiger partial charge on any atom is 0.123 e. The van der Waals surface area contributed by atoms with E-state index >= 15 is 0 Å². The molecule has 0 aliphatic carbocycles. The van der Waals surface area contributed by atoms with Crippen molar-refractivity contribution >= 4 is 0 Å². The van der Waals surface area contributed by atoms with E-state index < -0.39 is 5.60 Å². The quantitative estimate of drug-likeness (QED) is 0.825. The van der Waals surface area contributed by atoms with Crippen LogP contribution in [-0.4, -0.2) is 46.5 Å². The Morgan fingerprint density at radius 3 is 2.50 bits per heavy atom. The van der Waals surface area contributed by atoms with Crippen LogP contribution in [0.3, 0.4) is 0 Å². The monoisotopic (exact) mass is 381 g/mol. The fourth-order valence-corrected chi connectivity index (χ4v) is 4.43. The zero-order valence-corrected chi connectivity index (χ0v) is 16.9. The van der Waals surface area contributed by atoms with E-state index in [0.29, 0.717) is 11.7 Å². The van der Waals surface area contributed by atoms with Gasteiger partial charge in [-0.05, 0) is 48.1 Å². The number of hydrogen-bond acceptors (Lipinski definition) is 4. The second-order valence-electron chi connectivity index (χ2n) is 8.83. The molecule has 4 rings (SSSR count). The molecule has 0 saturated carbocycles. The normalized spacial score (nSPS) is 21.5. The van der Waals surface area contributed by atoms with Gasteiger partial charge in [0.15, 0.2) is 0 Å². The van der Waals surface area contributed by atoms with E-state index in [9.17, 15) is 10.2 Å². The molecular formula is C24H31NO3. The summed E-state index contributed by atoms with van der Waals surface area (Å²) in [5.41, 5.74) is 3.04. The van der Waals surface area contributed by atoms with Crippen molar-refractivity contribution in [3.8, 4) is 11.5 Å². The van der Waals surface area contributed by atoms with Gasteiger partial charge in [-0.2, -0.15) is 0 Å². The molecule has 2 aliphatic heterocycles. The Labute approximate surface area is 167 Å². The molecule has 1 unspecified atom stereocenters. The minimum Gasteiger partial charge on any atom is -0.508 e. The summed E-state index contributed by atoms with van der Waals surface area (Å²) in [5, 5.41) is 20.7. The molecule has 0 amide bonds. The van der Waals surface area contributed by atoms with Gasteiger partial charge in [-0.25, -0.2) is 0 Å². The third kappa shape index (κ3) is 4.34. The van der Waals surface area contributed by atoms with Gasteiger partial charge in [-0.15, -0.1) is 0 Å². The van der Waals surface area contributed by atoms with Gasteiger partial charge in [0.05, 0.1) is 5.60 Å². The molecule has 150 valence electrons. The fraction of sp³-hybridized carbons (Fsp3) is 0.500. The van der Waals surface area contributed by atoms with Crippen molar-refractivity contribution in [1.29, 1.82) is 0 Å². The van der Waals surface area contributed by atoms with Crippen LogP contribution in [-0.2, 0) is 12.8 Å². The molecule has 1 fully saturated rings. The Morgan fingerprint density at radius 1 is 1.11 bits per heavy atom. The first-order chi connectivity index (χ1) is 13.4. The van der Waals surface area contributed by atoms with Gasteiger partial charge < -0.3 is 14.9 Å². The first-order valence-corrected chi connectivity index (χ1v) is 10.4. The minimum atomic E-state index is -0.610. The van der Waals surface area contributed by atoms with Crippen LogP contribution in [0.15, 0.2) is 42.5 Å². The highest BCUT2D eigenvalue weighted by Crippen LogP contribution is 2.33. The third-order valence-electron chi connectivity index (χ3n) is 6.21. The van der Waals surface area contributed by atoms with Crippen LogP contribution < -0.4 is 4.74 Å². The number of aliphatic hydroxyl groups is 1. The van der Waals surface area contributed by atoms with E-state index in [1.165, 1.54) is 11.1 Å². The standard InChI is InChI=1S/C24H31NO3/c1-17(2)19-5-3-18(4-6-19)15-24(27)9-11-25(12-10-24)16-22-14-20-13-21(26)7-8-23(20)28-22/h3-8,13,17,22,26-27H,9-12,14-16H2,1-2H3. The number of hydrogen-bond donors (Lipinski definition) is 2. The molecule has 0 bridgehead atoms. The lowest BCUT2D eigenvalue weighted by atomic mass is 9.85. The van der Waals surface area contributed by atoms with Crippen molar-refractivity contribution in [3.05, 3.63) is 59.2 Å². The lowest BCUT2D eigenvalue weighted by Gasteiger charge is -2.39. The number of aromatic hydroxyl groups is 1. The summed E-state index contributed by atoms with van der Waals surface area (Å²) in [4.78, 5) is 2.40. The van der Waals surface area contributed by atoms with Gasteiger partial charge in [0.25, 0.3) is 0 Å². The van der Waals surface area contributed by atoms with Crippen molar-refractivity contribution in [2.75, 3.05) is 19.6 Å². The maximum atomic E-state index is 11.1. The molecule has 2 N–H and O–H groups in total. The third-order valence-corrected chi connectivity index (χ3v) is 6.21. The first-order valence-electron chi connectivity index (χ1n) is 10.4. The van der Waals surface area contributed by atoms with Crippen LogP contribution in [0.2, 0.25) is 0 Å². The summed E-state index contributed by atoms with van der Waals surface area (Å²) in [5.74, 6) is 1.72. The van der Waals surface area contributed by atoms with Crippen molar-refractivity contribution in [1.82, 2.24) is 4.90 Å². The summed E-state index contributed by atoms with van der Waals surface area (Å²) >= 11 is 0. The van der Waals surface area contributed by atoms with Gasteiger partial charge in [0.2, 0.25) is 0 Å². The highest BCUT2D eigenvalue weighted by Gasteiger charge is 2.34. The molecule has 0 radical (unpaired) electrons. The van der Waals surface area contributed by atoms with Crippen molar-refractivity contribution < 1.29 is 14.9 Å². The smallest absolute Gasteiger partial charge is 0.123 e. The topological polar surface area (TPSA) is 52.9 Å². The highest BCUT2D eigenvalue weighted by molar-refractivity contribution is 5.42. The predicted molar refractivity (Wildman–Crippen MR) is 111 cm³/mol. The second-order valence-corrected chi connectivity index (χ2v) is 8.83. The number of phenols is 1. The second kappa shape index (κ2) is 7.76. The molecular weight excluding hydrogens is 350 g/mol. The Hall–Kier alpha value is -2.04. The average Bonchev–Trinajstić information content (AvgIpc) is 3.05. The molecule has 28 heavy (non-hydrogen) atoms. The van der Waals surface area contributed by atoms with Crippen LogP contribution in [0.25, 0.3) is 0 Å². The Kier molecular flexibility index (Phi) is 5.35. The number of phenolic OH excluding ortho intramolecular Hbond substituents is 1. The summed E-state index contributed by atoms with van der Waals surface area (Å²) in [6.07, 6.45) is 3.28. The van der Waals surface area contributed by atoms with Crippen LogP contribution >= 0.6 is 0 Å². The lowest BCUT2D eigenvalue weighted by Crippen LogP contribution is -2.48. The Morgan fingerprint density at radius 2 is 1.82 bits per heavy atom. The molecule has 1 saturated heterocycles. The summed E-state index contributed by atoms with van der Waals surface area (Å²) in [6, 6.07) is 14.0. The van der Waals surface area contributed by atoms with E-state index in [-0.39, 0.29) is 6.10 Å². The summed E-state index contributed by atoms with van der Waals surface area (Å²) < 4.78 is 6.03. The molecule has 2 aromatic carbocycles. The van der Waals surface area contributed by atoms with Gasteiger partial charge in [0, 0.05) is 38.0 Å². The van der Waals surface area contributed by atoms with Crippen molar-refractivity contribution in [2.24, 2.45) is 0 Å². The molecule has 4 nitrogen and oxygen atoms in total. The van der Waals surface area contributed by atoms with E-state index in [1.54, 1.807) is 12.1 Å². The van der Waals surface area contributed by atoms with Gasteiger partial charge in [-0.1, -0.05) is 38.1 Å². The molecule has 2 heterocycles. The number of fused-ring (bicyclic) bond motifs is 1. The molecule has 4 heteroatoms. The highest BCUT2D eigenvalue weighted by atomic mass is 16.5. The minimum absolute atomic E-state index is 0.131. The maximum absolute atomic E-state index is 11.1. The number of rotatable bonds is 5. The number of benzene rings is 2. The van der Waals surface area contributed by atoms with E-state index in [2.05, 4.69) is 43.0 Å². The number of nitrogens with zero attached hydrogens (tertiary/aromatic N) is 1. The molecule has 2 aromatic rings. The van der Waals surface area contributed by atoms with E-state index in [4.69, 9.17) is 4.74 Å². The SMILES string of the molecule is CC(C)c1ccc(CC2(O)CCN(CC3Cc4cc(O)ccc4O3)CC2)cc1.